The molecule has 1 aromatic carbocycles. The van der Waals surface area contributed by atoms with Gasteiger partial charge in [-0.3, -0.25) is 4.79 Å². The summed E-state index contributed by atoms with van der Waals surface area (Å²) in [6, 6.07) is 10.3. The Morgan fingerprint density at radius 2 is 1.76 bits per heavy atom. The summed E-state index contributed by atoms with van der Waals surface area (Å²) >= 11 is 0. The van der Waals surface area contributed by atoms with Crippen LogP contribution in [0.3, 0.4) is 0 Å². The lowest BCUT2D eigenvalue weighted by molar-refractivity contribution is -0.128. The second-order valence-electron chi connectivity index (χ2n) is 6.07. The molecular weight excluding hydrogens is 284 g/mol. The van der Waals surface area contributed by atoms with E-state index in [1.165, 1.54) is 12.0 Å². The molecule has 0 heterocycles. The molecule has 0 spiro atoms. The smallest absolute Gasteiger partial charge is 0.230 e. The van der Waals surface area contributed by atoms with Crippen LogP contribution in [-0.4, -0.2) is 38.0 Å². The van der Waals surface area contributed by atoms with E-state index >= 15 is 0 Å². The minimum Gasteiger partial charge on any atom is -0.354 e. The molecule has 3 nitrogen and oxygen atoms in total. The van der Waals surface area contributed by atoms with Crippen molar-refractivity contribution < 1.29 is 4.79 Å². The average Bonchev–Trinajstić information content (AvgIpc) is 2.48. The zero-order chi connectivity index (χ0) is 14.4. The summed E-state index contributed by atoms with van der Waals surface area (Å²) in [7, 11) is 4.06. The number of rotatable bonds is 5. The Hall–Kier alpha value is -1.06. The molecule has 0 bridgehead atoms. The topological polar surface area (TPSA) is 32.3 Å². The third-order valence-corrected chi connectivity index (χ3v) is 4.31. The molecule has 118 valence electrons. The normalized spacial score (nSPS) is 17.1. The van der Waals surface area contributed by atoms with Crippen molar-refractivity contribution in [2.45, 2.75) is 37.5 Å². The first-order chi connectivity index (χ1) is 9.65. The van der Waals surface area contributed by atoms with E-state index in [-0.39, 0.29) is 23.7 Å². The zero-order valence-electron chi connectivity index (χ0n) is 13.1. The summed E-state index contributed by atoms with van der Waals surface area (Å²) in [4.78, 5) is 14.9. The number of hydrogen-bond acceptors (Lipinski definition) is 2. The van der Waals surface area contributed by atoms with Gasteiger partial charge in [-0.05, 0) is 32.5 Å². The first-order valence-electron chi connectivity index (χ1n) is 7.64. The van der Waals surface area contributed by atoms with Gasteiger partial charge in [-0.25, -0.2) is 0 Å². The van der Waals surface area contributed by atoms with Crippen LogP contribution in [0.1, 0.15) is 37.7 Å². The van der Waals surface area contributed by atoms with Crippen molar-refractivity contribution in [2.24, 2.45) is 0 Å². The minimum absolute atomic E-state index is 0. The molecule has 0 aliphatic heterocycles. The Morgan fingerprint density at radius 3 is 2.33 bits per heavy atom. The molecule has 1 N–H and O–H groups in total. The Kier molecular flexibility index (Phi) is 7.20. The minimum atomic E-state index is -0.300. The number of likely N-dealkylation sites (N-methyl/N-ethyl adjacent to an activating group) is 1. The predicted octanol–water partition coefficient (Wildman–Crippen LogP) is 2.99. The first kappa shape index (κ1) is 18.0. The first-order valence-corrected chi connectivity index (χ1v) is 7.64. The molecule has 0 atom stereocenters. The fourth-order valence-electron chi connectivity index (χ4n) is 3.12. The summed E-state index contributed by atoms with van der Waals surface area (Å²) in [5.74, 6) is 0.213. The van der Waals surface area contributed by atoms with Crippen molar-refractivity contribution in [1.82, 2.24) is 10.2 Å². The Bertz CT molecular complexity index is 428. The van der Waals surface area contributed by atoms with Crippen molar-refractivity contribution >= 4 is 18.3 Å². The van der Waals surface area contributed by atoms with Gasteiger partial charge in [0.2, 0.25) is 5.91 Å². The number of hydrogen-bond donors (Lipinski definition) is 1. The molecule has 0 aromatic heterocycles. The molecule has 2 rings (SSSR count). The van der Waals surface area contributed by atoms with Crippen LogP contribution < -0.4 is 5.32 Å². The van der Waals surface area contributed by atoms with Gasteiger partial charge in [-0.2, -0.15) is 0 Å². The van der Waals surface area contributed by atoms with E-state index < -0.39 is 0 Å². The van der Waals surface area contributed by atoms with E-state index in [1.54, 1.807) is 0 Å². The lowest BCUT2D eigenvalue weighted by Crippen LogP contribution is -2.47. The molecule has 1 fully saturated rings. The van der Waals surface area contributed by atoms with Gasteiger partial charge in [0, 0.05) is 13.1 Å². The van der Waals surface area contributed by atoms with E-state index in [9.17, 15) is 4.79 Å². The van der Waals surface area contributed by atoms with E-state index in [0.29, 0.717) is 0 Å². The number of carbonyl (C=O) groups is 1. The SMILES string of the molecule is CN(C)CCNC(=O)C1(c2ccccc2)CCCCC1.Cl. The number of benzene rings is 1. The van der Waals surface area contributed by atoms with Crippen molar-refractivity contribution in [2.75, 3.05) is 27.2 Å². The average molecular weight is 311 g/mol. The Labute approximate surface area is 134 Å². The van der Waals surface area contributed by atoms with Crippen molar-refractivity contribution in [1.29, 1.82) is 0 Å². The summed E-state index contributed by atoms with van der Waals surface area (Å²) in [6.07, 6.45) is 5.50. The molecule has 1 amide bonds. The summed E-state index contributed by atoms with van der Waals surface area (Å²) < 4.78 is 0. The molecule has 1 saturated carbocycles. The number of amides is 1. The lowest BCUT2D eigenvalue weighted by Gasteiger charge is -2.36. The van der Waals surface area contributed by atoms with Crippen LogP contribution in [0.4, 0.5) is 0 Å². The lowest BCUT2D eigenvalue weighted by atomic mass is 9.68. The Morgan fingerprint density at radius 1 is 1.14 bits per heavy atom. The van der Waals surface area contributed by atoms with Crippen LogP contribution in [0.25, 0.3) is 0 Å². The van der Waals surface area contributed by atoms with Crippen LogP contribution in [0.2, 0.25) is 0 Å². The number of nitrogens with zero attached hydrogens (tertiary/aromatic N) is 1. The maximum Gasteiger partial charge on any atom is 0.230 e. The van der Waals surface area contributed by atoms with E-state index in [4.69, 9.17) is 0 Å². The van der Waals surface area contributed by atoms with Crippen molar-refractivity contribution in [3.05, 3.63) is 35.9 Å². The van der Waals surface area contributed by atoms with Gasteiger partial charge in [-0.15, -0.1) is 12.4 Å². The fraction of sp³-hybridized carbons (Fsp3) is 0.588. The zero-order valence-corrected chi connectivity index (χ0v) is 13.9. The monoisotopic (exact) mass is 310 g/mol. The maximum atomic E-state index is 12.8. The maximum absolute atomic E-state index is 12.8. The number of carbonyl (C=O) groups excluding carboxylic acids is 1. The summed E-state index contributed by atoms with van der Waals surface area (Å²) in [5, 5.41) is 3.14. The highest BCUT2D eigenvalue weighted by atomic mass is 35.5. The van der Waals surface area contributed by atoms with Crippen LogP contribution >= 0.6 is 12.4 Å². The fourth-order valence-corrected chi connectivity index (χ4v) is 3.12. The van der Waals surface area contributed by atoms with Gasteiger partial charge in [0.15, 0.2) is 0 Å². The number of nitrogens with one attached hydrogen (secondary N) is 1. The molecule has 4 heteroatoms. The van der Waals surface area contributed by atoms with Crippen LogP contribution in [0.5, 0.6) is 0 Å². The highest BCUT2D eigenvalue weighted by Gasteiger charge is 2.40. The van der Waals surface area contributed by atoms with Crippen LogP contribution in [0.15, 0.2) is 30.3 Å². The molecule has 0 unspecified atom stereocenters. The quantitative estimate of drug-likeness (QED) is 0.907. The van der Waals surface area contributed by atoms with E-state index in [0.717, 1.165) is 38.8 Å². The summed E-state index contributed by atoms with van der Waals surface area (Å²) in [5.41, 5.74) is 0.883. The Balaban J connectivity index is 0.00000220. The third kappa shape index (κ3) is 4.45. The van der Waals surface area contributed by atoms with Gasteiger partial charge in [-0.1, -0.05) is 49.6 Å². The molecule has 0 radical (unpaired) electrons. The van der Waals surface area contributed by atoms with Gasteiger partial charge in [0.05, 0.1) is 5.41 Å². The highest BCUT2D eigenvalue weighted by molar-refractivity contribution is 5.88. The van der Waals surface area contributed by atoms with Crippen molar-refractivity contribution in [3.8, 4) is 0 Å². The van der Waals surface area contributed by atoms with E-state index in [2.05, 4.69) is 22.3 Å². The standard InChI is InChI=1S/C17H26N2O.ClH/c1-19(2)14-13-18-16(20)17(11-7-4-8-12-17)15-9-5-3-6-10-15;/h3,5-6,9-10H,4,7-8,11-14H2,1-2H3,(H,18,20);1H. The molecule has 1 aromatic rings. The van der Waals surface area contributed by atoms with Gasteiger partial charge >= 0.3 is 0 Å². The predicted molar refractivity (Wildman–Crippen MR) is 90.0 cm³/mol. The highest BCUT2D eigenvalue weighted by Crippen LogP contribution is 2.39. The van der Waals surface area contributed by atoms with Crippen LogP contribution in [0, 0.1) is 0 Å². The van der Waals surface area contributed by atoms with Crippen LogP contribution in [-0.2, 0) is 10.2 Å². The molecule has 1 aliphatic rings. The largest absolute Gasteiger partial charge is 0.354 e. The van der Waals surface area contributed by atoms with Gasteiger partial charge in [0.25, 0.3) is 0 Å². The second-order valence-corrected chi connectivity index (χ2v) is 6.07. The second kappa shape index (κ2) is 8.40. The number of halogens is 1. The third-order valence-electron chi connectivity index (χ3n) is 4.31. The molecule has 21 heavy (non-hydrogen) atoms. The van der Waals surface area contributed by atoms with Crippen molar-refractivity contribution in [3.63, 3.8) is 0 Å². The van der Waals surface area contributed by atoms with E-state index in [1.807, 2.05) is 32.3 Å². The molecule has 1 aliphatic carbocycles. The molecule has 0 saturated heterocycles. The van der Waals surface area contributed by atoms with Gasteiger partial charge in [0.1, 0.15) is 0 Å². The summed E-state index contributed by atoms with van der Waals surface area (Å²) in [6.45, 7) is 1.61. The van der Waals surface area contributed by atoms with Gasteiger partial charge < -0.3 is 10.2 Å². The molecular formula is C17H27ClN2O.